The van der Waals surface area contributed by atoms with E-state index < -0.39 is 6.43 Å². The number of carbonyl (C=O) groups excluding carboxylic acids is 1. The Labute approximate surface area is 144 Å². The van der Waals surface area contributed by atoms with Gasteiger partial charge in [-0.25, -0.2) is 8.78 Å². The van der Waals surface area contributed by atoms with Crippen LogP contribution in [-0.2, 0) is 19.4 Å². The minimum absolute atomic E-state index is 0.153. The molecule has 0 bridgehead atoms. The molecular weight excluding hydrogens is 328 g/mol. The van der Waals surface area contributed by atoms with Crippen LogP contribution in [0.3, 0.4) is 0 Å². The van der Waals surface area contributed by atoms with Crippen LogP contribution in [0.2, 0.25) is 0 Å². The zero-order valence-electron chi connectivity index (χ0n) is 14.1. The zero-order chi connectivity index (χ0) is 17.8. The molecule has 2 aliphatic rings. The number of nitrogens with one attached hydrogen (secondary N) is 1. The Morgan fingerprint density at radius 3 is 2.96 bits per heavy atom. The Morgan fingerprint density at radius 2 is 2.20 bits per heavy atom. The van der Waals surface area contributed by atoms with Crippen molar-refractivity contribution in [3.05, 3.63) is 46.3 Å². The number of hydrogen-bond donors (Lipinski definition) is 1. The summed E-state index contributed by atoms with van der Waals surface area (Å²) < 4.78 is 32.0. The standard InChI is InChI=1S/C18H19F2N3O2/c1-18(2)8-11-7-10(3-4-14(11)25-18)17(24)23-6-5-13-12(9-23)15(16(19)20)22-21-13/h3-4,7,16H,5-6,8-9H2,1-2H3,(H,21,22). The van der Waals surface area contributed by atoms with Crippen LogP contribution in [0.1, 0.15) is 53.1 Å². The normalized spacial score (nSPS) is 18.0. The average molecular weight is 347 g/mol. The highest BCUT2D eigenvalue weighted by molar-refractivity contribution is 5.94. The van der Waals surface area contributed by atoms with Crippen molar-refractivity contribution in [2.45, 2.75) is 45.3 Å². The van der Waals surface area contributed by atoms with E-state index in [4.69, 9.17) is 4.74 Å². The summed E-state index contributed by atoms with van der Waals surface area (Å²) in [7, 11) is 0. The van der Waals surface area contributed by atoms with E-state index in [1.54, 1.807) is 11.0 Å². The van der Waals surface area contributed by atoms with Gasteiger partial charge in [-0.2, -0.15) is 5.10 Å². The molecule has 0 saturated carbocycles. The fourth-order valence-electron chi connectivity index (χ4n) is 3.60. The highest BCUT2D eigenvalue weighted by Crippen LogP contribution is 2.36. The third kappa shape index (κ3) is 2.77. The molecule has 0 atom stereocenters. The van der Waals surface area contributed by atoms with Crippen molar-refractivity contribution in [2.24, 2.45) is 0 Å². The minimum Gasteiger partial charge on any atom is -0.487 e. The number of ether oxygens (including phenoxy) is 1. The molecule has 0 unspecified atom stereocenters. The van der Waals surface area contributed by atoms with Gasteiger partial charge in [-0.15, -0.1) is 0 Å². The number of aromatic nitrogens is 2. The Balaban J connectivity index is 1.58. The van der Waals surface area contributed by atoms with E-state index in [1.807, 2.05) is 26.0 Å². The Morgan fingerprint density at radius 1 is 1.40 bits per heavy atom. The predicted molar refractivity (Wildman–Crippen MR) is 86.8 cm³/mol. The van der Waals surface area contributed by atoms with Crippen molar-refractivity contribution in [3.8, 4) is 5.75 Å². The highest BCUT2D eigenvalue weighted by atomic mass is 19.3. The average Bonchev–Trinajstić information content (AvgIpc) is 3.11. The first-order valence-electron chi connectivity index (χ1n) is 8.29. The maximum Gasteiger partial charge on any atom is 0.282 e. The molecule has 25 heavy (non-hydrogen) atoms. The lowest BCUT2D eigenvalue weighted by molar-refractivity contribution is 0.0729. The highest BCUT2D eigenvalue weighted by Gasteiger charge is 2.32. The lowest BCUT2D eigenvalue weighted by Crippen LogP contribution is -2.36. The number of halogens is 2. The van der Waals surface area contributed by atoms with Crippen LogP contribution >= 0.6 is 0 Å². The Bertz CT molecular complexity index is 845. The lowest BCUT2D eigenvalue weighted by atomic mass is 9.99. The third-order valence-corrected chi connectivity index (χ3v) is 4.77. The largest absolute Gasteiger partial charge is 0.487 e. The number of fused-ring (bicyclic) bond motifs is 2. The summed E-state index contributed by atoms with van der Waals surface area (Å²) in [5.41, 5.74) is 2.18. The van der Waals surface area contributed by atoms with Crippen LogP contribution in [0.5, 0.6) is 5.75 Å². The van der Waals surface area contributed by atoms with Crippen molar-refractivity contribution in [3.63, 3.8) is 0 Å². The van der Waals surface area contributed by atoms with Crippen LogP contribution in [0.25, 0.3) is 0 Å². The zero-order valence-corrected chi connectivity index (χ0v) is 14.1. The minimum atomic E-state index is -2.64. The van der Waals surface area contributed by atoms with Crippen molar-refractivity contribution in [1.82, 2.24) is 15.1 Å². The maximum absolute atomic E-state index is 13.1. The van der Waals surface area contributed by atoms with E-state index in [2.05, 4.69) is 10.2 Å². The van der Waals surface area contributed by atoms with Crippen LogP contribution in [-0.4, -0.2) is 33.2 Å². The molecule has 1 amide bonds. The predicted octanol–water partition coefficient (Wildman–Crippen LogP) is 3.26. The fraction of sp³-hybridized carbons (Fsp3) is 0.444. The number of benzene rings is 1. The van der Waals surface area contributed by atoms with E-state index in [0.717, 1.165) is 17.7 Å². The van der Waals surface area contributed by atoms with E-state index >= 15 is 0 Å². The molecular formula is C18H19F2N3O2. The Hall–Kier alpha value is -2.44. The van der Waals surface area contributed by atoms with Crippen LogP contribution < -0.4 is 4.74 Å². The number of aromatic amines is 1. The van der Waals surface area contributed by atoms with E-state index in [9.17, 15) is 13.6 Å². The molecule has 5 nitrogen and oxygen atoms in total. The number of alkyl halides is 2. The molecule has 132 valence electrons. The van der Waals surface area contributed by atoms with Gasteiger partial charge in [-0.3, -0.25) is 9.89 Å². The second-order valence-electron chi connectivity index (χ2n) is 7.20. The van der Waals surface area contributed by atoms with Gasteiger partial charge in [-0.1, -0.05) is 0 Å². The molecule has 7 heteroatoms. The molecule has 3 heterocycles. The Kier molecular flexibility index (Phi) is 3.56. The van der Waals surface area contributed by atoms with Crippen LogP contribution in [0.15, 0.2) is 18.2 Å². The van der Waals surface area contributed by atoms with Crippen molar-refractivity contribution in [1.29, 1.82) is 0 Å². The fourth-order valence-corrected chi connectivity index (χ4v) is 3.60. The SMILES string of the molecule is CC1(C)Cc2cc(C(=O)N3CCc4[nH]nc(C(F)F)c4C3)ccc2O1. The summed E-state index contributed by atoms with van der Waals surface area (Å²) in [4.78, 5) is 14.4. The molecule has 0 aliphatic carbocycles. The van der Waals surface area contributed by atoms with Gasteiger partial charge in [0.15, 0.2) is 0 Å². The molecule has 2 aliphatic heterocycles. The first-order chi connectivity index (χ1) is 11.8. The van der Waals surface area contributed by atoms with Crippen molar-refractivity contribution < 1.29 is 18.3 Å². The molecule has 1 aromatic heterocycles. The maximum atomic E-state index is 13.1. The second kappa shape index (κ2) is 5.54. The molecule has 4 rings (SSSR count). The van der Waals surface area contributed by atoms with Gasteiger partial charge in [0.05, 0.1) is 0 Å². The van der Waals surface area contributed by atoms with E-state index in [0.29, 0.717) is 29.8 Å². The first-order valence-corrected chi connectivity index (χ1v) is 8.29. The van der Waals surface area contributed by atoms with Crippen LogP contribution in [0, 0.1) is 0 Å². The number of hydrogen-bond acceptors (Lipinski definition) is 3. The smallest absolute Gasteiger partial charge is 0.282 e. The second-order valence-corrected chi connectivity index (χ2v) is 7.20. The van der Waals surface area contributed by atoms with E-state index in [-0.39, 0.29) is 23.7 Å². The molecule has 2 aromatic rings. The van der Waals surface area contributed by atoms with Gasteiger partial charge < -0.3 is 9.64 Å². The van der Waals surface area contributed by atoms with Gasteiger partial charge in [0.1, 0.15) is 17.0 Å². The number of amides is 1. The van der Waals surface area contributed by atoms with Gasteiger partial charge in [-0.05, 0) is 37.6 Å². The van der Waals surface area contributed by atoms with E-state index in [1.165, 1.54) is 0 Å². The molecule has 0 fully saturated rings. The number of carbonyl (C=O) groups is 1. The number of H-pyrrole nitrogens is 1. The topological polar surface area (TPSA) is 58.2 Å². The number of rotatable bonds is 2. The molecule has 1 aromatic carbocycles. The first kappa shape index (κ1) is 16.1. The molecule has 0 saturated heterocycles. The summed E-state index contributed by atoms with van der Waals surface area (Å²) in [6.07, 6.45) is -1.40. The summed E-state index contributed by atoms with van der Waals surface area (Å²) in [6, 6.07) is 5.40. The summed E-state index contributed by atoms with van der Waals surface area (Å²) >= 11 is 0. The summed E-state index contributed by atoms with van der Waals surface area (Å²) in [5, 5.41) is 6.36. The quantitative estimate of drug-likeness (QED) is 0.907. The summed E-state index contributed by atoms with van der Waals surface area (Å²) in [6.45, 7) is 4.65. The van der Waals surface area contributed by atoms with Gasteiger partial charge >= 0.3 is 0 Å². The van der Waals surface area contributed by atoms with Crippen molar-refractivity contribution >= 4 is 5.91 Å². The number of nitrogens with zero attached hydrogens (tertiary/aromatic N) is 2. The summed E-state index contributed by atoms with van der Waals surface area (Å²) in [5.74, 6) is 0.650. The van der Waals surface area contributed by atoms with Gasteiger partial charge in [0.2, 0.25) is 0 Å². The monoisotopic (exact) mass is 347 g/mol. The third-order valence-electron chi connectivity index (χ3n) is 4.77. The van der Waals surface area contributed by atoms with Gasteiger partial charge in [0, 0.05) is 42.8 Å². The lowest BCUT2D eigenvalue weighted by Gasteiger charge is -2.27. The van der Waals surface area contributed by atoms with Crippen LogP contribution in [0.4, 0.5) is 8.78 Å². The molecule has 0 spiro atoms. The van der Waals surface area contributed by atoms with Gasteiger partial charge in [0.25, 0.3) is 12.3 Å². The molecule has 1 N–H and O–H groups in total. The molecule has 0 radical (unpaired) electrons. The van der Waals surface area contributed by atoms with Crippen molar-refractivity contribution in [2.75, 3.05) is 6.54 Å².